The number of carbonyl (C=O) groups excluding carboxylic acids is 2. The number of hydrogen-bond acceptors (Lipinski definition) is 2. The first-order valence-corrected chi connectivity index (χ1v) is 4.60. The lowest BCUT2D eigenvalue weighted by Crippen LogP contribution is -2.51. The molecule has 0 aromatic heterocycles. The van der Waals surface area contributed by atoms with Gasteiger partial charge in [-0.3, -0.25) is 4.79 Å². The Morgan fingerprint density at radius 1 is 1.36 bits per heavy atom. The normalized spacial score (nSPS) is 11.2. The van der Waals surface area contributed by atoms with Crippen LogP contribution in [0.3, 0.4) is 0 Å². The highest BCUT2D eigenvalue weighted by Crippen LogP contribution is 2.06. The van der Waals surface area contributed by atoms with E-state index in [9.17, 15) is 9.59 Å². The average Bonchev–Trinajstić information content (AvgIpc) is 1.77. The van der Waals surface area contributed by atoms with Gasteiger partial charge in [0.25, 0.3) is 0 Å². The molecule has 0 atom stereocenters. The van der Waals surface area contributed by atoms with E-state index in [2.05, 4.69) is 10.6 Å². The number of nitrogens with two attached hydrogens (primary N) is 1. The second kappa shape index (κ2) is 4.83. The lowest BCUT2D eigenvalue weighted by atomic mass is 10.0. The summed E-state index contributed by atoms with van der Waals surface area (Å²) in [4.78, 5) is 21.9. The van der Waals surface area contributed by atoms with E-state index < -0.39 is 11.4 Å². The van der Waals surface area contributed by atoms with Crippen molar-refractivity contribution >= 4 is 11.9 Å². The molecule has 5 nitrogen and oxygen atoms in total. The number of carbonyl (C=O) groups is 2. The number of rotatable bonds is 4. The highest BCUT2D eigenvalue weighted by molar-refractivity contribution is 5.78. The van der Waals surface area contributed by atoms with E-state index in [1.54, 1.807) is 13.8 Å². The molecule has 14 heavy (non-hydrogen) atoms. The number of urea groups is 1. The summed E-state index contributed by atoms with van der Waals surface area (Å²) < 4.78 is 0. The van der Waals surface area contributed by atoms with Crippen LogP contribution in [0, 0.1) is 0 Å². The Hall–Kier alpha value is -1.26. The zero-order valence-corrected chi connectivity index (χ0v) is 9.18. The Morgan fingerprint density at radius 3 is 2.21 bits per heavy atom. The largest absolute Gasteiger partial charge is 0.370 e. The SMILES string of the molecule is CC(C)NC(=O)NC(C)(C)CC(N)=O. The van der Waals surface area contributed by atoms with E-state index in [0.717, 1.165) is 0 Å². The van der Waals surface area contributed by atoms with Crippen molar-refractivity contribution in [3.8, 4) is 0 Å². The fourth-order valence-electron chi connectivity index (χ4n) is 1.09. The molecule has 0 bridgehead atoms. The number of hydrogen-bond donors (Lipinski definition) is 3. The van der Waals surface area contributed by atoms with E-state index in [0.29, 0.717) is 0 Å². The molecule has 0 saturated heterocycles. The van der Waals surface area contributed by atoms with Gasteiger partial charge in [0, 0.05) is 18.0 Å². The van der Waals surface area contributed by atoms with E-state index in [-0.39, 0.29) is 18.5 Å². The topological polar surface area (TPSA) is 84.2 Å². The van der Waals surface area contributed by atoms with Crippen molar-refractivity contribution in [3.05, 3.63) is 0 Å². The molecule has 0 spiro atoms. The van der Waals surface area contributed by atoms with E-state index >= 15 is 0 Å². The molecular weight excluding hydrogens is 182 g/mol. The summed E-state index contributed by atoms with van der Waals surface area (Å²) in [6, 6.07) is -0.217. The minimum atomic E-state index is -0.606. The lowest BCUT2D eigenvalue weighted by Gasteiger charge is -2.25. The first kappa shape index (κ1) is 12.7. The molecule has 0 heterocycles. The standard InChI is InChI=1S/C9H19N3O2/c1-6(2)11-8(14)12-9(3,4)5-7(10)13/h6H,5H2,1-4H3,(H2,10,13)(H2,11,12,14). The van der Waals surface area contributed by atoms with Crippen LogP contribution in [0.15, 0.2) is 0 Å². The lowest BCUT2D eigenvalue weighted by molar-refractivity contribution is -0.119. The van der Waals surface area contributed by atoms with Crippen molar-refractivity contribution in [2.24, 2.45) is 5.73 Å². The van der Waals surface area contributed by atoms with Crippen LogP contribution >= 0.6 is 0 Å². The fourth-order valence-corrected chi connectivity index (χ4v) is 1.09. The molecule has 0 aliphatic carbocycles. The van der Waals surface area contributed by atoms with Crippen LogP contribution in [-0.4, -0.2) is 23.5 Å². The average molecular weight is 201 g/mol. The van der Waals surface area contributed by atoms with Crippen LogP contribution in [0.25, 0.3) is 0 Å². The van der Waals surface area contributed by atoms with Crippen molar-refractivity contribution in [3.63, 3.8) is 0 Å². The molecule has 0 unspecified atom stereocenters. The molecule has 0 aromatic rings. The summed E-state index contributed by atoms with van der Waals surface area (Å²) in [6.07, 6.45) is 0.124. The molecule has 4 N–H and O–H groups in total. The summed E-state index contributed by atoms with van der Waals surface area (Å²) in [5.74, 6) is -0.431. The maximum absolute atomic E-state index is 11.3. The molecule has 0 aliphatic heterocycles. The number of nitrogens with one attached hydrogen (secondary N) is 2. The molecule has 5 heteroatoms. The third kappa shape index (κ3) is 6.28. The summed E-state index contributed by atoms with van der Waals surface area (Å²) in [7, 11) is 0. The second-order valence-corrected chi connectivity index (χ2v) is 4.28. The van der Waals surface area contributed by atoms with Gasteiger partial charge in [0.2, 0.25) is 5.91 Å². The first-order valence-electron chi connectivity index (χ1n) is 4.60. The second-order valence-electron chi connectivity index (χ2n) is 4.28. The Kier molecular flexibility index (Phi) is 4.40. The molecule has 0 aliphatic rings. The van der Waals surface area contributed by atoms with Crippen LogP contribution < -0.4 is 16.4 Å². The zero-order valence-electron chi connectivity index (χ0n) is 9.18. The number of primary amides is 1. The van der Waals surface area contributed by atoms with Crippen LogP contribution in [0.2, 0.25) is 0 Å². The van der Waals surface area contributed by atoms with Gasteiger partial charge in [-0.2, -0.15) is 0 Å². The Balaban J connectivity index is 4.08. The van der Waals surface area contributed by atoms with Gasteiger partial charge in [0.1, 0.15) is 0 Å². The number of amides is 3. The maximum atomic E-state index is 11.3. The van der Waals surface area contributed by atoms with Crippen molar-refractivity contribution in [1.29, 1.82) is 0 Å². The van der Waals surface area contributed by atoms with E-state index in [1.807, 2.05) is 13.8 Å². The summed E-state index contributed by atoms with van der Waals surface area (Å²) in [6.45, 7) is 7.22. The molecule has 0 radical (unpaired) electrons. The molecule has 82 valence electrons. The van der Waals surface area contributed by atoms with Crippen LogP contribution in [-0.2, 0) is 4.79 Å². The zero-order chi connectivity index (χ0) is 11.4. The Labute approximate surface area is 84.4 Å². The predicted octanol–water partition coefficient (Wildman–Crippen LogP) is 0.348. The van der Waals surface area contributed by atoms with Crippen molar-refractivity contribution in [2.75, 3.05) is 0 Å². The van der Waals surface area contributed by atoms with E-state index in [4.69, 9.17) is 5.73 Å². The summed E-state index contributed by atoms with van der Waals surface area (Å²) >= 11 is 0. The van der Waals surface area contributed by atoms with Gasteiger partial charge < -0.3 is 16.4 Å². The minimum Gasteiger partial charge on any atom is -0.370 e. The van der Waals surface area contributed by atoms with Gasteiger partial charge in [-0.15, -0.1) is 0 Å². The summed E-state index contributed by atoms with van der Waals surface area (Å²) in [5.41, 5.74) is 4.44. The van der Waals surface area contributed by atoms with E-state index in [1.165, 1.54) is 0 Å². The maximum Gasteiger partial charge on any atom is 0.315 e. The van der Waals surface area contributed by atoms with Crippen molar-refractivity contribution in [2.45, 2.75) is 45.7 Å². The molecule has 0 aromatic carbocycles. The monoisotopic (exact) mass is 201 g/mol. The molecular formula is C9H19N3O2. The van der Waals surface area contributed by atoms with Gasteiger partial charge in [0.15, 0.2) is 0 Å². The minimum absolute atomic E-state index is 0.0689. The third-order valence-electron chi connectivity index (χ3n) is 1.49. The van der Waals surface area contributed by atoms with Crippen molar-refractivity contribution in [1.82, 2.24) is 10.6 Å². The highest BCUT2D eigenvalue weighted by atomic mass is 16.2. The molecule has 3 amide bonds. The first-order chi connectivity index (χ1) is 6.23. The van der Waals surface area contributed by atoms with Crippen molar-refractivity contribution < 1.29 is 9.59 Å². The van der Waals surface area contributed by atoms with Gasteiger partial charge >= 0.3 is 6.03 Å². The van der Waals surface area contributed by atoms with Crippen LogP contribution in [0.5, 0.6) is 0 Å². The smallest absolute Gasteiger partial charge is 0.315 e. The van der Waals surface area contributed by atoms with Gasteiger partial charge in [-0.05, 0) is 27.7 Å². The Morgan fingerprint density at radius 2 is 1.86 bits per heavy atom. The Bertz CT molecular complexity index is 224. The van der Waals surface area contributed by atoms with Gasteiger partial charge in [-0.1, -0.05) is 0 Å². The highest BCUT2D eigenvalue weighted by Gasteiger charge is 2.22. The van der Waals surface area contributed by atoms with Crippen LogP contribution in [0.1, 0.15) is 34.1 Å². The van der Waals surface area contributed by atoms with Gasteiger partial charge in [-0.25, -0.2) is 4.79 Å². The predicted molar refractivity (Wildman–Crippen MR) is 54.7 cm³/mol. The third-order valence-corrected chi connectivity index (χ3v) is 1.49. The quantitative estimate of drug-likeness (QED) is 0.613. The molecule has 0 rings (SSSR count). The van der Waals surface area contributed by atoms with Gasteiger partial charge in [0.05, 0.1) is 0 Å². The molecule has 0 saturated carbocycles. The molecule has 0 fully saturated rings. The fraction of sp³-hybridized carbons (Fsp3) is 0.778. The summed E-state index contributed by atoms with van der Waals surface area (Å²) in [5, 5.41) is 5.34. The van der Waals surface area contributed by atoms with Crippen LogP contribution in [0.4, 0.5) is 4.79 Å².